The first kappa shape index (κ1) is 13.9. The van der Waals surface area contributed by atoms with Gasteiger partial charge in [-0.15, -0.1) is 0 Å². The quantitative estimate of drug-likeness (QED) is 0.390. The number of amidine groups is 1. The topological polar surface area (TPSA) is 67.8 Å². The van der Waals surface area contributed by atoms with Gasteiger partial charge < -0.3 is 15.7 Å². The van der Waals surface area contributed by atoms with Crippen LogP contribution < -0.4 is 10.5 Å². The largest absolute Gasteiger partial charge is 0.456 e. The van der Waals surface area contributed by atoms with E-state index in [0.717, 1.165) is 11.1 Å². The third-order valence-corrected chi connectivity index (χ3v) is 2.90. The molecule has 0 heterocycles. The average molecular weight is 274 g/mol. The highest BCUT2D eigenvalue weighted by molar-refractivity contribution is 5.99. The number of rotatable bonds is 3. The number of nitrogens with two attached hydrogens (primary N) is 1. The fourth-order valence-corrected chi connectivity index (χ4v) is 1.82. The van der Waals surface area contributed by atoms with Crippen LogP contribution in [0.2, 0.25) is 0 Å². The Hall–Kier alpha value is -2.56. The molecule has 0 amide bonds. The summed E-state index contributed by atoms with van der Waals surface area (Å²) < 4.78 is 19.5. The number of oxime groups is 1. The summed E-state index contributed by atoms with van der Waals surface area (Å²) in [5.41, 5.74) is 7.37. The minimum absolute atomic E-state index is 0.0593. The van der Waals surface area contributed by atoms with Crippen LogP contribution in [0.1, 0.15) is 16.7 Å². The van der Waals surface area contributed by atoms with Crippen LogP contribution in [0.3, 0.4) is 0 Å². The predicted octanol–water partition coefficient (Wildman–Crippen LogP) is 3.33. The Bertz CT molecular complexity index is 669. The van der Waals surface area contributed by atoms with Gasteiger partial charge in [-0.2, -0.15) is 0 Å². The van der Waals surface area contributed by atoms with Gasteiger partial charge in [-0.05, 0) is 43.2 Å². The van der Waals surface area contributed by atoms with Crippen LogP contribution in [0.15, 0.2) is 41.6 Å². The van der Waals surface area contributed by atoms with Crippen molar-refractivity contribution in [3.63, 3.8) is 0 Å². The first-order valence-corrected chi connectivity index (χ1v) is 6.04. The lowest BCUT2D eigenvalue weighted by Crippen LogP contribution is -2.16. The molecule has 0 bridgehead atoms. The highest BCUT2D eigenvalue weighted by atomic mass is 19.1. The van der Waals surface area contributed by atoms with E-state index < -0.39 is 5.82 Å². The highest BCUT2D eigenvalue weighted by Crippen LogP contribution is 2.29. The molecule has 0 aliphatic carbocycles. The maximum Gasteiger partial charge on any atom is 0.176 e. The van der Waals surface area contributed by atoms with E-state index in [4.69, 9.17) is 15.7 Å². The zero-order valence-corrected chi connectivity index (χ0v) is 11.2. The second kappa shape index (κ2) is 5.61. The van der Waals surface area contributed by atoms with Gasteiger partial charge in [-0.25, -0.2) is 4.39 Å². The summed E-state index contributed by atoms with van der Waals surface area (Å²) in [6, 6.07) is 10.0. The summed E-state index contributed by atoms with van der Waals surface area (Å²) in [4.78, 5) is 0. The molecule has 0 aromatic heterocycles. The summed E-state index contributed by atoms with van der Waals surface area (Å²) in [5, 5.41) is 11.6. The van der Waals surface area contributed by atoms with E-state index in [2.05, 4.69) is 5.16 Å². The first-order valence-electron chi connectivity index (χ1n) is 6.04. The summed E-state index contributed by atoms with van der Waals surface area (Å²) in [6.45, 7) is 3.82. The van der Waals surface area contributed by atoms with E-state index in [9.17, 15) is 4.39 Å². The van der Waals surface area contributed by atoms with E-state index >= 15 is 0 Å². The van der Waals surface area contributed by atoms with Gasteiger partial charge in [0, 0.05) is 0 Å². The van der Waals surface area contributed by atoms with Crippen LogP contribution in [-0.2, 0) is 0 Å². The van der Waals surface area contributed by atoms with Gasteiger partial charge in [-0.3, -0.25) is 0 Å². The molecule has 4 nitrogen and oxygen atoms in total. The normalized spacial score (nSPS) is 11.4. The standard InChI is InChI=1S/C15H15FN2O2/c1-9-6-7-10(2)13(8-9)20-12-5-3-4-11(16)14(12)15(17)18-19/h3-8,19H,1-2H3,(H2,17,18). The lowest BCUT2D eigenvalue weighted by atomic mass is 10.1. The molecule has 20 heavy (non-hydrogen) atoms. The van der Waals surface area contributed by atoms with Crippen LogP contribution in [0, 0.1) is 19.7 Å². The fourth-order valence-electron chi connectivity index (χ4n) is 1.82. The van der Waals surface area contributed by atoms with E-state index in [1.54, 1.807) is 6.07 Å². The van der Waals surface area contributed by atoms with Gasteiger partial charge >= 0.3 is 0 Å². The molecule has 0 aliphatic heterocycles. The van der Waals surface area contributed by atoms with Crippen molar-refractivity contribution in [3.8, 4) is 11.5 Å². The molecule has 0 saturated heterocycles. The molecule has 2 aromatic carbocycles. The summed E-state index contributed by atoms with van der Waals surface area (Å²) >= 11 is 0. The Morgan fingerprint density at radius 3 is 2.65 bits per heavy atom. The maximum atomic E-state index is 13.8. The van der Waals surface area contributed by atoms with Gasteiger partial charge in [-0.1, -0.05) is 23.4 Å². The molecule has 0 radical (unpaired) electrons. The molecule has 0 atom stereocenters. The third kappa shape index (κ3) is 2.71. The second-order valence-corrected chi connectivity index (χ2v) is 4.47. The Morgan fingerprint density at radius 1 is 1.20 bits per heavy atom. The fraction of sp³-hybridized carbons (Fsp3) is 0.133. The van der Waals surface area contributed by atoms with E-state index in [0.29, 0.717) is 5.75 Å². The molecular weight excluding hydrogens is 259 g/mol. The molecule has 2 aromatic rings. The predicted molar refractivity (Wildman–Crippen MR) is 74.9 cm³/mol. The number of hydrogen-bond donors (Lipinski definition) is 2. The Kier molecular flexibility index (Phi) is 3.89. The van der Waals surface area contributed by atoms with Gasteiger partial charge in [0.15, 0.2) is 5.84 Å². The van der Waals surface area contributed by atoms with Crippen molar-refractivity contribution in [2.24, 2.45) is 10.9 Å². The maximum absolute atomic E-state index is 13.8. The summed E-state index contributed by atoms with van der Waals surface area (Å²) in [5.74, 6) is -0.136. The lowest BCUT2D eigenvalue weighted by molar-refractivity contribution is 0.318. The monoisotopic (exact) mass is 274 g/mol. The molecule has 0 saturated carbocycles. The van der Waals surface area contributed by atoms with Gasteiger partial charge in [0.1, 0.15) is 17.3 Å². The molecule has 104 valence electrons. The zero-order chi connectivity index (χ0) is 14.7. The SMILES string of the molecule is Cc1ccc(C)c(Oc2cccc(F)c2C(N)=NO)c1. The molecular formula is C15H15FN2O2. The minimum atomic E-state index is -0.608. The Morgan fingerprint density at radius 2 is 1.95 bits per heavy atom. The van der Waals surface area contributed by atoms with Crippen molar-refractivity contribution < 1.29 is 14.3 Å². The van der Waals surface area contributed by atoms with Crippen LogP contribution in [0.4, 0.5) is 4.39 Å². The molecule has 5 heteroatoms. The van der Waals surface area contributed by atoms with Crippen LogP contribution in [0.5, 0.6) is 11.5 Å². The molecule has 0 aliphatic rings. The Labute approximate surface area is 116 Å². The van der Waals surface area contributed by atoms with E-state index in [1.165, 1.54) is 12.1 Å². The van der Waals surface area contributed by atoms with Crippen LogP contribution in [0.25, 0.3) is 0 Å². The van der Waals surface area contributed by atoms with Crippen molar-refractivity contribution in [1.82, 2.24) is 0 Å². The van der Waals surface area contributed by atoms with E-state index in [-0.39, 0.29) is 17.1 Å². The number of nitrogens with zero attached hydrogens (tertiary/aromatic N) is 1. The van der Waals surface area contributed by atoms with E-state index in [1.807, 2.05) is 32.0 Å². The molecule has 0 spiro atoms. The van der Waals surface area contributed by atoms with Crippen LogP contribution in [-0.4, -0.2) is 11.0 Å². The highest BCUT2D eigenvalue weighted by Gasteiger charge is 2.15. The first-order chi connectivity index (χ1) is 9.52. The summed E-state index contributed by atoms with van der Waals surface area (Å²) in [7, 11) is 0. The summed E-state index contributed by atoms with van der Waals surface area (Å²) in [6.07, 6.45) is 0. The minimum Gasteiger partial charge on any atom is -0.456 e. The van der Waals surface area contributed by atoms with Crippen LogP contribution >= 0.6 is 0 Å². The second-order valence-electron chi connectivity index (χ2n) is 4.47. The number of aryl methyl sites for hydroxylation is 2. The molecule has 3 N–H and O–H groups in total. The number of ether oxygens (including phenoxy) is 1. The van der Waals surface area contributed by atoms with Crippen molar-refractivity contribution in [1.29, 1.82) is 0 Å². The number of benzene rings is 2. The smallest absolute Gasteiger partial charge is 0.176 e. The molecule has 0 fully saturated rings. The number of hydrogen-bond acceptors (Lipinski definition) is 3. The molecule has 0 unspecified atom stereocenters. The van der Waals surface area contributed by atoms with Crippen molar-refractivity contribution in [2.75, 3.05) is 0 Å². The van der Waals surface area contributed by atoms with Gasteiger partial charge in [0.2, 0.25) is 0 Å². The lowest BCUT2D eigenvalue weighted by Gasteiger charge is -2.13. The zero-order valence-electron chi connectivity index (χ0n) is 11.2. The van der Waals surface area contributed by atoms with Gasteiger partial charge in [0.05, 0.1) is 5.56 Å². The molecule has 2 rings (SSSR count). The van der Waals surface area contributed by atoms with Crippen molar-refractivity contribution in [2.45, 2.75) is 13.8 Å². The van der Waals surface area contributed by atoms with Gasteiger partial charge in [0.25, 0.3) is 0 Å². The number of halogens is 1. The Balaban J connectivity index is 2.49. The van der Waals surface area contributed by atoms with Crippen molar-refractivity contribution >= 4 is 5.84 Å². The van der Waals surface area contributed by atoms with Crippen molar-refractivity contribution in [3.05, 3.63) is 58.9 Å². The average Bonchev–Trinajstić information content (AvgIpc) is 2.42. The third-order valence-electron chi connectivity index (χ3n) is 2.90.